The molecule has 6 nitrogen and oxygen atoms in total. The molecule has 0 bridgehead atoms. The number of fused-ring (bicyclic) bond motifs is 1. The van der Waals surface area contributed by atoms with Crippen LogP contribution in [0.5, 0.6) is 0 Å². The molecule has 0 unspecified atom stereocenters. The number of hydrogen-bond acceptors (Lipinski definition) is 4. The summed E-state index contributed by atoms with van der Waals surface area (Å²) in [5, 5.41) is 13.1. The van der Waals surface area contributed by atoms with Gasteiger partial charge in [-0.3, -0.25) is 10.1 Å². The van der Waals surface area contributed by atoms with E-state index < -0.39 is 0 Å². The van der Waals surface area contributed by atoms with Gasteiger partial charge in [-0.25, -0.2) is 9.78 Å². The number of nitrogens with one attached hydrogen (secondary N) is 3. The fraction of sp³-hybridized carbons (Fsp3) is 0.286. The lowest BCUT2D eigenvalue weighted by Gasteiger charge is -2.11. The Morgan fingerprint density at radius 1 is 1.04 bits per heavy atom. The molecule has 0 radical (unpaired) electrons. The molecular weight excluding hydrogens is 372 g/mol. The summed E-state index contributed by atoms with van der Waals surface area (Å²) in [5.74, 6) is -0.136. The van der Waals surface area contributed by atoms with E-state index in [4.69, 9.17) is 0 Å². The molecule has 3 aromatic rings. The third-order valence-corrected chi connectivity index (χ3v) is 5.67. The third kappa shape index (κ3) is 4.48. The fourth-order valence-corrected chi connectivity index (χ4v) is 4.23. The van der Waals surface area contributed by atoms with Crippen LogP contribution in [0.15, 0.2) is 47.8 Å². The number of hydrogen-bond donors (Lipinski definition) is 3. The van der Waals surface area contributed by atoms with Crippen molar-refractivity contribution in [3.8, 4) is 0 Å². The van der Waals surface area contributed by atoms with Gasteiger partial charge >= 0.3 is 6.03 Å². The van der Waals surface area contributed by atoms with Gasteiger partial charge in [-0.05, 0) is 24.3 Å². The average Bonchev–Trinajstić information content (AvgIpc) is 3.34. The van der Waals surface area contributed by atoms with E-state index >= 15 is 0 Å². The lowest BCUT2D eigenvalue weighted by atomic mass is 10.1. The van der Waals surface area contributed by atoms with E-state index in [2.05, 4.69) is 20.9 Å². The van der Waals surface area contributed by atoms with Gasteiger partial charge in [-0.1, -0.05) is 49.2 Å². The maximum atomic E-state index is 12.4. The molecule has 7 heteroatoms. The summed E-state index contributed by atoms with van der Waals surface area (Å²) in [7, 11) is 0. The van der Waals surface area contributed by atoms with E-state index in [9.17, 15) is 9.59 Å². The van der Waals surface area contributed by atoms with Crippen LogP contribution in [-0.4, -0.2) is 23.0 Å². The molecule has 3 N–H and O–H groups in total. The minimum absolute atomic E-state index is 0.136. The van der Waals surface area contributed by atoms with Gasteiger partial charge in [0.25, 0.3) is 0 Å². The maximum Gasteiger partial charge on any atom is 0.321 e. The summed E-state index contributed by atoms with van der Waals surface area (Å²) in [6, 6.07) is 13.8. The van der Waals surface area contributed by atoms with Crippen molar-refractivity contribution in [3.63, 3.8) is 0 Å². The number of carbonyl (C=O) groups is 2. The SMILES string of the molecule is O=C(Cc1csc(NC(=O)NC2CCCC2)n1)Nc1cccc2ccccc12. The maximum absolute atomic E-state index is 12.4. The zero-order valence-corrected chi connectivity index (χ0v) is 16.2. The highest BCUT2D eigenvalue weighted by molar-refractivity contribution is 7.13. The highest BCUT2D eigenvalue weighted by Crippen LogP contribution is 2.23. The smallest absolute Gasteiger partial charge is 0.321 e. The number of carbonyl (C=O) groups excluding carboxylic acids is 2. The molecule has 2 aromatic carbocycles. The molecule has 0 atom stereocenters. The standard InChI is InChI=1S/C21H22N4O2S/c26-19(24-18-11-5-7-14-6-1-4-10-17(14)18)12-16-13-28-21(23-16)25-20(27)22-15-8-2-3-9-15/h1,4-7,10-11,13,15H,2-3,8-9,12H2,(H,24,26)(H2,22,23,25,27). The monoisotopic (exact) mass is 394 g/mol. The summed E-state index contributed by atoms with van der Waals surface area (Å²) < 4.78 is 0. The number of anilines is 2. The summed E-state index contributed by atoms with van der Waals surface area (Å²) in [4.78, 5) is 28.8. The van der Waals surface area contributed by atoms with E-state index in [-0.39, 0.29) is 24.4 Å². The van der Waals surface area contributed by atoms with Crippen LogP contribution in [-0.2, 0) is 11.2 Å². The molecule has 0 aliphatic heterocycles. The van der Waals surface area contributed by atoms with E-state index in [0.29, 0.717) is 10.8 Å². The lowest BCUT2D eigenvalue weighted by Crippen LogP contribution is -2.36. The number of thiazole rings is 1. The first-order valence-electron chi connectivity index (χ1n) is 9.47. The molecule has 1 heterocycles. The van der Waals surface area contributed by atoms with Gasteiger partial charge in [-0.2, -0.15) is 0 Å². The van der Waals surface area contributed by atoms with Crippen LogP contribution < -0.4 is 16.0 Å². The van der Waals surface area contributed by atoms with Crippen molar-refractivity contribution in [2.24, 2.45) is 0 Å². The van der Waals surface area contributed by atoms with Gasteiger partial charge in [0.1, 0.15) is 0 Å². The predicted octanol–water partition coefficient (Wildman–Crippen LogP) is 4.54. The quantitative estimate of drug-likeness (QED) is 0.594. The molecule has 1 aromatic heterocycles. The molecule has 0 spiro atoms. The predicted molar refractivity (Wildman–Crippen MR) is 113 cm³/mol. The van der Waals surface area contributed by atoms with Gasteiger partial charge < -0.3 is 10.6 Å². The minimum Gasteiger partial charge on any atom is -0.335 e. The van der Waals surface area contributed by atoms with Crippen molar-refractivity contribution >= 4 is 44.9 Å². The topological polar surface area (TPSA) is 83.1 Å². The Morgan fingerprint density at radius 2 is 1.82 bits per heavy atom. The second-order valence-corrected chi connectivity index (χ2v) is 7.83. The first-order valence-corrected chi connectivity index (χ1v) is 10.3. The molecule has 4 rings (SSSR count). The van der Waals surface area contributed by atoms with Crippen LogP contribution in [0.3, 0.4) is 0 Å². The molecule has 1 aliphatic rings. The van der Waals surface area contributed by atoms with Crippen molar-refractivity contribution in [2.75, 3.05) is 10.6 Å². The molecule has 0 saturated heterocycles. The average molecular weight is 395 g/mol. The van der Waals surface area contributed by atoms with Crippen LogP contribution in [0, 0.1) is 0 Å². The van der Waals surface area contributed by atoms with E-state index in [1.807, 2.05) is 42.5 Å². The van der Waals surface area contributed by atoms with Crippen molar-refractivity contribution in [1.29, 1.82) is 0 Å². The molecule has 144 valence electrons. The molecule has 1 saturated carbocycles. The first kappa shape index (κ1) is 18.4. The van der Waals surface area contributed by atoms with Crippen LogP contribution in [0.4, 0.5) is 15.6 Å². The number of urea groups is 1. The van der Waals surface area contributed by atoms with Crippen molar-refractivity contribution in [3.05, 3.63) is 53.5 Å². The highest BCUT2D eigenvalue weighted by Gasteiger charge is 2.18. The summed E-state index contributed by atoms with van der Waals surface area (Å²) in [6.07, 6.45) is 4.55. The Kier molecular flexibility index (Phi) is 5.53. The van der Waals surface area contributed by atoms with Gasteiger partial charge in [0.15, 0.2) is 5.13 Å². The zero-order valence-electron chi connectivity index (χ0n) is 15.4. The number of aromatic nitrogens is 1. The summed E-state index contributed by atoms with van der Waals surface area (Å²) >= 11 is 1.32. The molecule has 1 fully saturated rings. The number of benzene rings is 2. The van der Waals surface area contributed by atoms with Crippen LogP contribution in [0.2, 0.25) is 0 Å². The van der Waals surface area contributed by atoms with E-state index in [1.54, 1.807) is 5.38 Å². The highest BCUT2D eigenvalue weighted by atomic mass is 32.1. The largest absolute Gasteiger partial charge is 0.335 e. The second kappa shape index (κ2) is 8.39. The number of nitrogens with zero attached hydrogens (tertiary/aromatic N) is 1. The van der Waals surface area contributed by atoms with Crippen LogP contribution in [0.1, 0.15) is 31.4 Å². The van der Waals surface area contributed by atoms with E-state index in [1.165, 1.54) is 11.3 Å². The van der Waals surface area contributed by atoms with Gasteiger partial charge in [0, 0.05) is 22.5 Å². The number of amides is 3. The summed E-state index contributed by atoms with van der Waals surface area (Å²) in [6.45, 7) is 0. The van der Waals surface area contributed by atoms with Crippen molar-refractivity contribution in [1.82, 2.24) is 10.3 Å². The Hall–Kier alpha value is -2.93. The Labute approximate surface area is 167 Å². The third-order valence-electron chi connectivity index (χ3n) is 4.87. The normalized spacial score (nSPS) is 14.1. The van der Waals surface area contributed by atoms with Crippen LogP contribution in [0.25, 0.3) is 10.8 Å². The van der Waals surface area contributed by atoms with Gasteiger partial charge in [-0.15, -0.1) is 11.3 Å². The lowest BCUT2D eigenvalue weighted by molar-refractivity contribution is -0.115. The van der Waals surface area contributed by atoms with Crippen molar-refractivity contribution in [2.45, 2.75) is 38.1 Å². The van der Waals surface area contributed by atoms with Crippen LogP contribution >= 0.6 is 11.3 Å². The van der Waals surface area contributed by atoms with Gasteiger partial charge in [0.05, 0.1) is 12.1 Å². The van der Waals surface area contributed by atoms with E-state index in [0.717, 1.165) is 42.1 Å². The summed E-state index contributed by atoms with van der Waals surface area (Å²) in [5.41, 5.74) is 1.42. The molecular formula is C21H22N4O2S. The second-order valence-electron chi connectivity index (χ2n) is 6.98. The minimum atomic E-state index is -0.229. The first-order chi connectivity index (χ1) is 13.7. The fourth-order valence-electron chi connectivity index (χ4n) is 3.53. The Balaban J connectivity index is 1.34. The molecule has 1 aliphatic carbocycles. The molecule has 28 heavy (non-hydrogen) atoms. The number of rotatable bonds is 5. The van der Waals surface area contributed by atoms with Gasteiger partial charge in [0.2, 0.25) is 5.91 Å². The molecule has 3 amide bonds. The Bertz CT molecular complexity index is 989. The zero-order chi connectivity index (χ0) is 19.3. The Morgan fingerprint density at radius 3 is 2.68 bits per heavy atom. The van der Waals surface area contributed by atoms with Crippen molar-refractivity contribution < 1.29 is 9.59 Å².